The Kier molecular flexibility index (Phi) is 5.84. The summed E-state index contributed by atoms with van der Waals surface area (Å²) < 4.78 is 7.86. The SMILES string of the molecule is CCN1C(=O)NC(=O)/C(=C\c2cn(CCCOc3ccccc3)c3ccccc23)C1=O. The summed E-state index contributed by atoms with van der Waals surface area (Å²) in [4.78, 5) is 37.8. The quantitative estimate of drug-likeness (QED) is 0.362. The maximum absolute atomic E-state index is 12.6. The molecule has 0 aliphatic carbocycles. The number of aryl methyl sites for hydroxylation is 1. The molecule has 7 heteroatoms. The molecule has 1 fully saturated rings. The number of ether oxygens (including phenoxy) is 1. The van der Waals surface area contributed by atoms with Crippen molar-refractivity contribution in [1.82, 2.24) is 14.8 Å². The van der Waals surface area contributed by atoms with Crippen LogP contribution in [-0.4, -0.2) is 40.5 Å². The highest BCUT2D eigenvalue weighted by Crippen LogP contribution is 2.25. The van der Waals surface area contributed by atoms with E-state index in [2.05, 4.69) is 9.88 Å². The number of fused-ring (bicyclic) bond motifs is 1. The van der Waals surface area contributed by atoms with Gasteiger partial charge in [0.05, 0.1) is 6.61 Å². The van der Waals surface area contributed by atoms with Gasteiger partial charge in [-0.3, -0.25) is 19.8 Å². The zero-order valence-electron chi connectivity index (χ0n) is 17.2. The third-order valence-electron chi connectivity index (χ3n) is 5.18. The van der Waals surface area contributed by atoms with E-state index in [1.54, 1.807) is 13.0 Å². The third-order valence-corrected chi connectivity index (χ3v) is 5.18. The number of hydrogen-bond acceptors (Lipinski definition) is 4. The molecule has 1 aromatic heterocycles. The van der Waals surface area contributed by atoms with Crippen molar-refractivity contribution in [2.75, 3.05) is 13.2 Å². The zero-order valence-corrected chi connectivity index (χ0v) is 17.2. The fourth-order valence-corrected chi connectivity index (χ4v) is 3.65. The normalized spacial score (nSPS) is 15.6. The van der Waals surface area contributed by atoms with Crippen LogP contribution in [0.5, 0.6) is 5.75 Å². The van der Waals surface area contributed by atoms with Crippen LogP contribution in [0.4, 0.5) is 4.79 Å². The van der Waals surface area contributed by atoms with Crippen molar-refractivity contribution in [1.29, 1.82) is 0 Å². The number of carbonyl (C=O) groups is 3. The molecule has 4 rings (SSSR count). The summed E-state index contributed by atoms with van der Waals surface area (Å²) in [6, 6.07) is 16.8. The van der Waals surface area contributed by atoms with Crippen molar-refractivity contribution in [3.63, 3.8) is 0 Å². The van der Waals surface area contributed by atoms with Crippen LogP contribution >= 0.6 is 0 Å². The van der Waals surface area contributed by atoms with Gasteiger partial charge in [0.1, 0.15) is 11.3 Å². The number of aromatic nitrogens is 1. The highest BCUT2D eigenvalue weighted by molar-refractivity contribution is 6.31. The number of barbiturate groups is 1. The van der Waals surface area contributed by atoms with Crippen molar-refractivity contribution in [2.24, 2.45) is 0 Å². The Morgan fingerprint density at radius 2 is 1.74 bits per heavy atom. The minimum absolute atomic E-state index is 0.0447. The number of urea groups is 1. The Balaban J connectivity index is 1.56. The summed E-state index contributed by atoms with van der Waals surface area (Å²) >= 11 is 0. The van der Waals surface area contributed by atoms with Gasteiger partial charge in [0.2, 0.25) is 0 Å². The molecule has 0 saturated carbocycles. The molecule has 2 aromatic carbocycles. The highest BCUT2D eigenvalue weighted by atomic mass is 16.5. The van der Waals surface area contributed by atoms with Gasteiger partial charge >= 0.3 is 6.03 Å². The number of imide groups is 2. The molecule has 0 bridgehead atoms. The molecular weight excluding hydrogens is 394 g/mol. The standard InChI is InChI=1S/C24H23N3O4/c1-2-27-23(29)20(22(28)25-24(27)30)15-17-16-26(21-12-7-6-11-19(17)21)13-8-14-31-18-9-4-3-5-10-18/h3-7,9-12,15-16H,2,8,13-14H2,1H3,(H,25,28,30)/b20-15+. The summed E-state index contributed by atoms with van der Waals surface area (Å²) in [7, 11) is 0. The van der Waals surface area contributed by atoms with Crippen LogP contribution in [0.25, 0.3) is 17.0 Å². The molecule has 31 heavy (non-hydrogen) atoms. The van der Waals surface area contributed by atoms with Crippen LogP contribution in [0.3, 0.4) is 0 Å². The van der Waals surface area contributed by atoms with E-state index in [9.17, 15) is 14.4 Å². The largest absolute Gasteiger partial charge is 0.494 e. The fourth-order valence-electron chi connectivity index (χ4n) is 3.65. The van der Waals surface area contributed by atoms with Gasteiger partial charge in [-0.15, -0.1) is 0 Å². The average molecular weight is 417 g/mol. The number of nitrogens with one attached hydrogen (secondary N) is 1. The molecule has 3 aromatic rings. The van der Waals surface area contributed by atoms with E-state index in [1.165, 1.54) is 0 Å². The van der Waals surface area contributed by atoms with Crippen molar-refractivity contribution in [2.45, 2.75) is 19.9 Å². The summed E-state index contributed by atoms with van der Waals surface area (Å²) in [5.41, 5.74) is 1.71. The van der Waals surface area contributed by atoms with Gasteiger partial charge in [-0.05, 0) is 37.6 Å². The predicted octanol–water partition coefficient (Wildman–Crippen LogP) is 3.59. The highest BCUT2D eigenvalue weighted by Gasteiger charge is 2.34. The van der Waals surface area contributed by atoms with Gasteiger partial charge < -0.3 is 9.30 Å². The number of amides is 4. The van der Waals surface area contributed by atoms with Crippen LogP contribution in [0.15, 0.2) is 66.4 Å². The summed E-state index contributed by atoms with van der Waals surface area (Å²) in [6.45, 7) is 3.17. The summed E-state index contributed by atoms with van der Waals surface area (Å²) in [5.74, 6) is -0.417. The number of benzene rings is 2. The Labute approximate surface area is 179 Å². The molecular formula is C24H23N3O4. The Morgan fingerprint density at radius 1 is 1.00 bits per heavy atom. The number of nitrogens with zero attached hydrogens (tertiary/aromatic N) is 2. The Hall–Kier alpha value is -3.87. The van der Waals surface area contributed by atoms with Crippen LogP contribution < -0.4 is 10.1 Å². The minimum atomic E-state index is -0.685. The number of hydrogen-bond donors (Lipinski definition) is 1. The Bertz CT molecular complexity index is 1160. The number of para-hydroxylation sites is 2. The third kappa shape index (κ3) is 4.21. The molecule has 1 aliphatic heterocycles. The summed E-state index contributed by atoms with van der Waals surface area (Å²) in [6.07, 6.45) is 4.28. The lowest BCUT2D eigenvalue weighted by atomic mass is 10.1. The maximum atomic E-state index is 12.6. The van der Waals surface area contributed by atoms with E-state index < -0.39 is 17.8 Å². The van der Waals surface area contributed by atoms with Crippen LogP contribution in [0.1, 0.15) is 18.9 Å². The minimum Gasteiger partial charge on any atom is -0.494 e. The van der Waals surface area contributed by atoms with E-state index in [-0.39, 0.29) is 12.1 Å². The first-order chi connectivity index (χ1) is 15.1. The number of carbonyl (C=O) groups excluding carboxylic acids is 3. The van der Waals surface area contributed by atoms with Gasteiger partial charge in [-0.25, -0.2) is 4.79 Å². The van der Waals surface area contributed by atoms with Crippen LogP contribution in [-0.2, 0) is 16.1 Å². The van der Waals surface area contributed by atoms with Crippen molar-refractivity contribution < 1.29 is 19.1 Å². The second kappa shape index (κ2) is 8.87. The molecule has 0 radical (unpaired) electrons. The topological polar surface area (TPSA) is 80.6 Å². The van der Waals surface area contributed by atoms with E-state index >= 15 is 0 Å². The first-order valence-electron chi connectivity index (χ1n) is 10.2. The van der Waals surface area contributed by atoms with Gasteiger partial charge in [-0.2, -0.15) is 0 Å². The van der Waals surface area contributed by atoms with E-state index in [0.29, 0.717) is 6.61 Å². The van der Waals surface area contributed by atoms with E-state index in [4.69, 9.17) is 4.74 Å². The molecule has 0 unspecified atom stereocenters. The van der Waals surface area contributed by atoms with Gasteiger partial charge in [0.15, 0.2) is 0 Å². The van der Waals surface area contributed by atoms with E-state index in [0.717, 1.165) is 40.1 Å². The van der Waals surface area contributed by atoms with Crippen molar-refractivity contribution >= 4 is 34.8 Å². The molecule has 1 aliphatic rings. The first-order valence-corrected chi connectivity index (χ1v) is 10.2. The fraction of sp³-hybridized carbons (Fsp3) is 0.208. The van der Waals surface area contributed by atoms with Crippen molar-refractivity contribution in [3.05, 3.63) is 71.9 Å². The predicted molar refractivity (Wildman–Crippen MR) is 117 cm³/mol. The lowest BCUT2D eigenvalue weighted by Gasteiger charge is -2.24. The molecule has 2 heterocycles. The smallest absolute Gasteiger partial charge is 0.331 e. The van der Waals surface area contributed by atoms with Gasteiger partial charge in [0, 0.05) is 35.8 Å². The zero-order chi connectivity index (χ0) is 21.8. The van der Waals surface area contributed by atoms with Gasteiger partial charge in [-0.1, -0.05) is 36.4 Å². The summed E-state index contributed by atoms with van der Waals surface area (Å²) in [5, 5.41) is 3.16. The molecule has 1 N–H and O–H groups in total. The van der Waals surface area contributed by atoms with E-state index in [1.807, 2.05) is 60.8 Å². The lowest BCUT2D eigenvalue weighted by Crippen LogP contribution is -2.53. The monoisotopic (exact) mass is 417 g/mol. The second-order valence-corrected chi connectivity index (χ2v) is 7.18. The molecule has 158 valence electrons. The molecule has 0 atom stereocenters. The molecule has 7 nitrogen and oxygen atoms in total. The van der Waals surface area contributed by atoms with Crippen LogP contribution in [0.2, 0.25) is 0 Å². The maximum Gasteiger partial charge on any atom is 0.331 e. The molecule has 4 amide bonds. The average Bonchev–Trinajstić information content (AvgIpc) is 3.13. The Morgan fingerprint density at radius 3 is 2.52 bits per heavy atom. The number of rotatable bonds is 7. The second-order valence-electron chi connectivity index (χ2n) is 7.18. The molecule has 1 saturated heterocycles. The number of likely N-dealkylation sites (N-methyl/N-ethyl adjacent to an activating group) is 1. The van der Waals surface area contributed by atoms with Gasteiger partial charge in [0.25, 0.3) is 11.8 Å². The first kappa shape index (κ1) is 20.4. The van der Waals surface area contributed by atoms with Crippen LogP contribution in [0, 0.1) is 0 Å². The van der Waals surface area contributed by atoms with Crippen molar-refractivity contribution in [3.8, 4) is 5.75 Å². The lowest BCUT2D eigenvalue weighted by molar-refractivity contribution is -0.129. The molecule has 0 spiro atoms.